The summed E-state index contributed by atoms with van der Waals surface area (Å²) >= 11 is 0. The van der Waals surface area contributed by atoms with Crippen LogP contribution in [0.15, 0.2) is 18.2 Å². The van der Waals surface area contributed by atoms with E-state index in [-0.39, 0.29) is 17.9 Å². The van der Waals surface area contributed by atoms with Crippen molar-refractivity contribution in [2.75, 3.05) is 18.5 Å². The molecule has 1 aromatic carbocycles. The third-order valence-corrected chi connectivity index (χ3v) is 2.99. The highest BCUT2D eigenvalue weighted by molar-refractivity contribution is 5.94. The summed E-state index contributed by atoms with van der Waals surface area (Å²) < 4.78 is 0. The minimum atomic E-state index is -0.0702. The van der Waals surface area contributed by atoms with E-state index in [0.717, 1.165) is 11.3 Å². The second-order valence-corrected chi connectivity index (χ2v) is 5.41. The van der Waals surface area contributed by atoms with E-state index in [1.807, 2.05) is 6.92 Å². The van der Waals surface area contributed by atoms with Gasteiger partial charge in [0.15, 0.2) is 0 Å². The average molecular weight is 234 g/mol. The van der Waals surface area contributed by atoms with Gasteiger partial charge < -0.3 is 10.6 Å². The Bertz CT molecular complexity index is 419. The fraction of sp³-hybridized carbons (Fsp3) is 0.500. The number of hydrogen-bond acceptors (Lipinski definition) is 2. The molecule has 0 aliphatic carbocycles. The number of carbonyl (C=O) groups excluding carboxylic acids is 1. The predicted octanol–water partition coefficient (Wildman–Crippen LogP) is 2.21. The summed E-state index contributed by atoms with van der Waals surface area (Å²) in [6, 6.07) is 6.23. The number of hydrogen-bond donors (Lipinski definition) is 1. The maximum absolute atomic E-state index is 11.6. The summed E-state index contributed by atoms with van der Waals surface area (Å²) in [5.74, 6) is -0.0702. The van der Waals surface area contributed by atoms with E-state index >= 15 is 0 Å². The second-order valence-electron chi connectivity index (χ2n) is 5.41. The largest absolute Gasteiger partial charge is 0.322 e. The van der Waals surface area contributed by atoms with Crippen LogP contribution < -0.4 is 10.6 Å². The number of nitrogens with zero attached hydrogens (tertiary/aromatic N) is 1. The van der Waals surface area contributed by atoms with Gasteiger partial charge in [-0.1, -0.05) is 32.9 Å². The molecule has 0 radical (unpaired) electrons. The molecule has 0 aliphatic heterocycles. The highest BCUT2D eigenvalue weighted by Crippen LogP contribution is 2.28. The SMILES string of the molecule is Cc1ccc(C(C)(C)C)cc1N(C)C(=O)CN. The summed E-state index contributed by atoms with van der Waals surface area (Å²) in [4.78, 5) is 13.3. The Morgan fingerprint density at radius 3 is 2.41 bits per heavy atom. The van der Waals surface area contributed by atoms with E-state index in [1.165, 1.54) is 5.56 Å². The minimum absolute atomic E-state index is 0.0374. The molecule has 0 heterocycles. The molecule has 17 heavy (non-hydrogen) atoms. The van der Waals surface area contributed by atoms with Crippen molar-refractivity contribution in [2.45, 2.75) is 33.1 Å². The molecule has 1 amide bonds. The fourth-order valence-corrected chi connectivity index (χ4v) is 1.71. The van der Waals surface area contributed by atoms with Gasteiger partial charge in [-0.15, -0.1) is 0 Å². The molecule has 0 atom stereocenters. The molecule has 0 saturated carbocycles. The van der Waals surface area contributed by atoms with Gasteiger partial charge in [0.2, 0.25) is 5.91 Å². The smallest absolute Gasteiger partial charge is 0.240 e. The van der Waals surface area contributed by atoms with E-state index in [0.29, 0.717) is 0 Å². The van der Waals surface area contributed by atoms with E-state index in [9.17, 15) is 4.79 Å². The number of rotatable bonds is 2. The molecule has 0 spiro atoms. The maximum Gasteiger partial charge on any atom is 0.240 e. The molecule has 1 aromatic rings. The molecule has 0 fully saturated rings. The number of nitrogens with two attached hydrogens (primary N) is 1. The van der Waals surface area contributed by atoms with Crippen molar-refractivity contribution in [2.24, 2.45) is 5.73 Å². The molecule has 0 unspecified atom stereocenters. The Morgan fingerprint density at radius 1 is 1.35 bits per heavy atom. The van der Waals surface area contributed by atoms with Crippen LogP contribution in [0.3, 0.4) is 0 Å². The van der Waals surface area contributed by atoms with E-state index in [2.05, 4.69) is 39.0 Å². The van der Waals surface area contributed by atoms with Crippen LogP contribution in [-0.2, 0) is 10.2 Å². The van der Waals surface area contributed by atoms with Crippen LogP contribution in [0.2, 0.25) is 0 Å². The standard InChI is InChI=1S/C14H22N2O/c1-10-6-7-11(14(2,3)4)8-12(10)16(5)13(17)9-15/h6-8H,9,15H2,1-5H3. The van der Waals surface area contributed by atoms with Crippen molar-refractivity contribution >= 4 is 11.6 Å². The van der Waals surface area contributed by atoms with Crippen LogP contribution in [0.5, 0.6) is 0 Å². The van der Waals surface area contributed by atoms with Crippen LogP contribution in [-0.4, -0.2) is 19.5 Å². The first-order valence-electron chi connectivity index (χ1n) is 5.85. The van der Waals surface area contributed by atoms with Gasteiger partial charge in [0, 0.05) is 12.7 Å². The summed E-state index contributed by atoms with van der Waals surface area (Å²) in [7, 11) is 1.77. The number of aryl methyl sites for hydroxylation is 1. The number of amides is 1. The van der Waals surface area contributed by atoms with Crippen molar-refractivity contribution in [3.8, 4) is 0 Å². The van der Waals surface area contributed by atoms with Crippen LogP contribution in [0.25, 0.3) is 0 Å². The zero-order valence-corrected chi connectivity index (χ0v) is 11.4. The van der Waals surface area contributed by atoms with Gasteiger partial charge in [-0.25, -0.2) is 0 Å². The molecular formula is C14H22N2O. The lowest BCUT2D eigenvalue weighted by Crippen LogP contribution is -2.33. The van der Waals surface area contributed by atoms with Gasteiger partial charge in [-0.3, -0.25) is 4.79 Å². The molecule has 3 heteroatoms. The topological polar surface area (TPSA) is 46.3 Å². The zero-order valence-electron chi connectivity index (χ0n) is 11.4. The summed E-state index contributed by atoms with van der Waals surface area (Å²) in [5.41, 5.74) is 8.71. The van der Waals surface area contributed by atoms with E-state index in [4.69, 9.17) is 5.73 Å². The fourth-order valence-electron chi connectivity index (χ4n) is 1.71. The zero-order chi connectivity index (χ0) is 13.2. The minimum Gasteiger partial charge on any atom is -0.322 e. The molecule has 3 nitrogen and oxygen atoms in total. The van der Waals surface area contributed by atoms with Gasteiger partial charge in [0.1, 0.15) is 0 Å². The quantitative estimate of drug-likeness (QED) is 0.852. The lowest BCUT2D eigenvalue weighted by molar-refractivity contribution is -0.117. The Labute approximate surface area is 104 Å². The number of anilines is 1. The number of likely N-dealkylation sites (N-methyl/N-ethyl adjacent to an activating group) is 1. The molecule has 94 valence electrons. The molecule has 0 aromatic heterocycles. The van der Waals surface area contributed by atoms with E-state index in [1.54, 1.807) is 11.9 Å². The van der Waals surface area contributed by atoms with Crippen molar-refractivity contribution in [1.82, 2.24) is 0 Å². The number of carbonyl (C=O) groups is 1. The maximum atomic E-state index is 11.6. The second kappa shape index (κ2) is 4.88. The van der Waals surface area contributed by atoms with Crippen LogP contribution in [0.4, 0.5) is 5.69 Å². The summed E-state index contributed by atoms with van der Waals surface area (Å²) in [6.45, 7) is 8.52. The predicted molar refractivity (Wildman–Crippen MR) is 72.3 cm³/mol. The molecular weight excluding hydrogens is 212 g/mol. The van der Waals surface area contributed by atoms with Gasteiger partial charge in [0.25, 0.3) is 0 Å². The summed E-state index contributed by atoms with van der Waals surface area (Å²) in [5, 5.41) is 0. The monoisotopic (exact) mass is 234 g/mol. The molecule has 2 N–H and O–H groups in total. The summed E-state index contributed by atoms with van der Waals surface area (Å²) in [6.07, 6.45) is 0. The number of benzene rings is 1. The first-order chi connectivity index (χ1) is 7.77. The Kier molecular flexibility index (Phi) is 3.94. The first-order valence-corrected chi connectivity index (χ1v) is 5.85. The molecule has 0 bridgehead atoms. The first kappa shape index (κ1) is 13.7. The van der Waals surface area contributed by atoms with Crippen molar-refractivity contribution < 1.29 is 4.79 Å². The highest BCUT2D eigenvalue weighted by atomic mass is 16.2. The van der Waals surface area contributed by atoms with Crippen molar-refractivity contribution in [3.05, 3.63) is 29.3 Å². The van der Waals surface area contributed by atoms with Gasteiger partial charge >= 0.3 is 0 Å². The lowest BCUT2D eigenvalue weighted by atomic mass is 9.86. The van der Waals surface area contributed by atoms with Gasteiger partial charge in [-0.2, -0.15) is 0 Å². The average Bonchev–Trinajstić information content (AvgIpc) is 2.26. The Hall–Kier alpha value is -1.35. The van der Waals surface area contributed by atoms with Crippen LogP contribution in [0.1, 0.15) is 31.9 Å². The lowest BCUT2D eigenvalue weighted by Gasteiger charge is -2.24. The van der Waals surface area contributed by atoms with Crippen molar-refractivity contribution in [3.63, 3.8) is 0 Å². The van der Waals surface area contributed by atoms with Crippen LogP contribution >= 0.6 is 0 Å². The normalized spacial score (nSPS) is 11.4. The van der Waals surface area contributed by atoms with Gasteiger partial charge in [0.05, 0.1) is 6.54 Å². The Balaban J connectivity index is 3.20. The van der Waals surface area contributed by atoms with Gasteiger partial charge in [-0.05, 0) is 29.5 Å². The Morgan fingerprint density at radius 2 is 1.94 bits per heavy atom. The highest BCUT2D eigenvalue weighted by Gasteiger charge is 2.17. The van der Waals surface area contributed by atoms with Crippen molar-refractivity contribution in [1.29, 1.82) is 0 Å². The molecule has 1 rings (SSSR count). The third kappa shape index (κ3) is 3.07. The third-order valence-electron chi connectivity index (χ3n) is 2.99. The van der Waals surface area contributed by atoms with E-state index < -0.39 is 0 Å². The van der Waals surface area contributed by atoms with Crippen LogP contribution in [0, 0.1) is 6.92 Å². The molecule has 0 aliphatic rings. The molecule has 0 saturated heterocycles.